The van der Waals surface area contributed by atoms with Crippen LogP contribution in [0, 0.1) is 24.0 Å². The summed E-state index contributed by atoms with van der Waals surface area (Å²) in [5, 5.41) is 14.9. The summed E-state index contributed by atoms with van der Waals surface area (Å²) in [5.74, 6) is 0.533. The number of nitro groups is 1. The van der Waals surface area contributed by atoms with Crippen LogP contribution in [0.3, 0.4) is 0 Å². The number of benzene rings is 1. The molecule has 2 aromatic rings. The molecule has 0 unspecified atom stereocenters. The maximum Gasteiger partial charge on any atom is 0.276 e. The summed E-state index contributed by atoms with van der Waals surface area (Å²) in [6, 6.07) is 3.25. The zero-order chi connectivity index (χ0) is 15.4. The number of nitrogens with zero attached hydrogens (tertiary/aromatic N) is 2. The SMILES string of the molecule is CCNc1ncc(COc2cc([N+](=O)[O-])c(C)cc2C)s1. The summed E-state index contributed by atoms with van der Waals surface area (Å²) in [4.78, 5) is 15.8. The minimum Gasteiger partial charge on any atom is -0.487 e. The van der Waals surface area contributed by atoms with Gasteiger partial charge in [-0.1, -0.05) is 11.3 Å². The first-order valence-electron chi connectivity index (χ1n) is 6.58. The van der Waals surface area contributed by atoms with Gasteiger partial charge in [0.05, 0.1) is 15.9 Å². The molecule has 0 bridgehead atoms. The second-order valence-corrected chi connectivity index (χ2v) is 5.73. The van der Waals surface area contributed by atoms with Crippen LogP contribution < -0.4 is 10.1 Å². The van der Waals surface area contributed by atoms with E-state index in [1.54, 1.807) is 19.2 Å². The Morgan fingerprint density at radius 1 is 1.38 bits per heavy atom. The normalized spacial score (nSPS) is 10.4. The van der Waals surface area contributed by atoms with E-state index in [1.165, 1.54) is 17.4 Å². The van der Waals surface area contributed by atoms with Crippen molar-refractivity contribution in [2.75, 3.05) is 11.9 Å². The third-order valence-electron chi connectivity index (χ3n) is 2.94. The Labute approximate surface area is 126 Å². The number of hydrogen-bond donors (Lipinski definition) is 1. The van der Waals surface area contributed by atoms with Gasteiger partial charge in [-0.3, -0.25) is 10.1 Å². The van der Waals surface area contributed by atoms with Crippen LogP contribution in [0.2, 0.25) is 0 Å². The van der Waals surface area contributed by atoms with E-state index in [0.29, 0.717) is 17.9 Å². The highest BCUT2D eigenvalue weighted by atomic mass is 32.1. The van der Waals surface area contributed by atoms with E-state index in [2.05, 4.69) is 10.3 Å². The minimum atomic E-state index is -0.391. The fourth-order valence-electron chi connectivity index (χ4n) is 1.93. The Morgan fingerprint density at radius 2 is 2.14 bits per heavy atom. The first-order chi connectivity index (χ1) is 10.0. The van der Waals surface area contributed by atoms with Crippen LogP contribution in [0.5, 0.6) is 5.75 Å². The topological polar surface area (TPSA) is 77.3 Å². The first-order valence-corrected chi connectivity index (χ1v) is 7.40. The molecule has 0 aliphatic carbocycles. The second kappa shape index (κ2) is 6.53. The van der Waals surface area contributed by atoms with Gasteiger partial charge in [0, 0.05) is 18.3 Å². The smallest absolute Gasteiger partial charge is 0.276 e. The molecule has 1 heterocycles. The van der Waals surface area contributed by atoms with Crippen LogP contribution in [0.25, 0.3) is 0 Å². The van der Waals surface area contributed by atoms with Gasteiger partial charge in [0.15, 0.2) is 5.13 Å². The number of nitro benzene ring substituents is 1. The van der Waals surface area contributed by atoms with Gasteiger partial charge in [0.2, 0.25) is 0 Å². The average molecular weight is 307 g/mol. The molecule has 112 valence electrons. The number of hydrogen-bond acceptors (Lipinski definition) is 6. The largest absolute Gasteiger partial charge is 0.487 e. The Kier molecular flexibility index (Phi) is 4.74. The molecule has 1 aromatic heterocycles. The molecule has 1 aromatic carbocycles. The van der Waals surface area contributed by atoms with E-state index >= 15 is 0 Å². The van der Waals surface area contributed by atoms with Gasteiger partial charge in [0.1, 0.15) is 12.4 Å². The van der Waals surface area contributed by atoms with E-state index in [4.69, 9.17) is 4.74 Å². The quantitative estimate of drug-likeness (QED) is 0.650. The van der Waals surface area contributed by atoms with Gasteiger partial charge in [-0.2, -0.15) is 0 Å². The fraction of sp³-hybridized carbons (Fsp3) is 0.357. The summed E-state index contributed by atoms with van der Waals surface area (Å²) in [7, 11) is 0. The van der Waals surface area contributed by atoms with Gasteiger partial charge in [-0.05, 0) is 32.4 Å². The number of anilines is 1. The van der Waals surface area contributed by atoms with Gasteiger partial charge >= 0.3 is 0 Å². The summed E-state index contributed by atoms with van der Waals surface area (Å²) < 4.78 is 5.70. The zero-order valence-corrected chi connectivity index (χ0v) is 13.0. The molecule has 0 aliphatic rings. The number of thiazole rings is 1. The van der Waals surface area contributed by atoms with Crippen molar-refractivity contribution in [2.45, 2.75) is 27.4 Å². The lowest BCUT2D eigenvalue weighted by molar-refractivity contribution is -0.385. The number of nitrogens with one attached hydrogen (secondary N) is 1. The molecule has 1 N–H and O–H groups in total. The van der Waals surface area contributed by atoms with E-state index in [-0.39, 0.29) is 5.69 Å². The lowest BCUT2D eigenvalue weighted by Crippen LogP contribution is -1.98. The maximum atomic E-state index is 11.0. The highest BCUT2D eigenvalue weighted by Gasteiger charge is 2.14. The number of aromatic nitrogens is 1. The van der Waals surface area contributed by atoms with E-state index < -0.39 is 4.92 Å². The molecular formula is C14H17N3O3S. The van der Waals surface area contributed by atoms with Gasteiger partial charge in [0.25, 0.3) is 5.69 Å². The lowest BCUT2D eigenvalue weighted by atomic mass is 10.1. The van der Waals surface area contributed by atoms with Crippen molar-refractivity contribution in [1.29, 1.82) is 0 Å². The Balaban J connectivity index is 2.11. The minimum absolute atomic E-state index is 0.0771. The molecule has 7 heteroatoms. The zero-order valence-electron chi connectivity index (χ0n) is 12.2. The third-order valence-corrected chi connectivity index (χ3v) is 3.87. The standard InChI is InChI=1S/C14H17N3O3S/c1-4-15-14-16-7-11(21-14)8-20-13-6-12(17(18)19)9(2)5-10(13)3/h5-7H,4,8H2,1-3H3,(H,15,16). The predicted molar refractivity (Wildman–Crippen MR) is 83.2 cm³/mol. The molecule has 0 atom stereocenters. The van der Waals surface area contributed by atoms with Gasteiger partial charge in [-0.25, -0.2) is 4.98 Å². The molecule has 0 radical (unpaired) electrons. The fourth-order valence-corrected chi connectivity index (χ4v) is 2.72. The molecule has 0 spiro atoms. The molecule has 2 rings (SSSR count). The Bertz CT molecular complexity index is 655. The average Bonchev–Trinajstić information content (AvgIpc) is 2.85. The highest BCUT2D eigenvalue weighted by Crippen LogP contribution is 2.29. The van der Waals surface area contributed by atoms with Crippen molar-refractivity contribution in [2.24, 2.45) is 0 Å². The second-order valence-electron chi connectivity index (χ2n) is 4.61. The number of rotatable bonds is 6. The maximum absolute atomic E-state index is 11.0. The van der Waals surface area contributed by atoms with E-state index in [9.17, 15) is 10.1 Å². The number of aryl methyl sites for hydroxylation is 2. The van der Waals surface area contributed by atoms with Crippen LogP contribution in [0.15, 0.2) is 18.3 Å². The van der Waals surface area contributed by atoms with Crippen LogP contribution in [0.4, 0.5) is 10.8 Å². The van der Waals surface area contributed by atoms with Crippen LogP contribution >= 0.6 is 11.3 Å². The van der Waals surface area contributed by atoms with Crippen molar-refractivity contribution in [3.63, 3.8) is 0 Å². The molecular weight excluding hydrogens is 290 g/mol. The Hall–Kier alpha value is -2.15. The van der Waals surface area contributed by atoms with Crippen LogP contribution in [0.1, 0.15) is 22.9 Å². The predicted octanol–water partition coefficient (Wildman–Crippen LogP) is 3.68. The van der Waals surface area contributed by atoms with E-state index in [1.807, 2.05) is 13.8 Å². The molecule has 0 saturated carbocycles. The van der Waals surface area contributed by atoms with Crippen molar-refractivity contribution >= 4 is 22.2 Å². The molecule has 0 aliphatic heterocycles. The third kappa shape index (κ3) is 3.69. The van der Waals surface area contributed by atoms with Crippen molar-refractivity contribution < 1.29 is 9.66 Å². The summed E-state index contributed by atoms with van der Waals surface area (Å²) >= 11 is 1.52. The van der Waals surface area contributed by atoms with Crippen LogP contribution in [-0.2, 0) is 6.61 Å². The summed E-state index contributed by atoms with van der Waals surface area (Å²) in [5.41, 5.74) is 1.60. The van der Waals surface area contributed by atoms with Gasteiger partial charge in [-0.15, -0.1) is 0 Å². The van der Waals surface area contributed by atoms with Crippen molar-refractivity contribution in [1.82, 2.24) is 4.98 Å². The summed E-state index contributed by atoms with van der Waals surface area (Å²) in [6.07, 6.45) is 1.75. The molecule has 0 fully saturated rings. The first kappa shape index (κ1) is 15.2. The molecule has 0 amide bonds. The Morgan fingerprint density at radius 3 is 2.81 bits per heavy atom. The van der Waals surface area contributed by atoms with E-state index in [0.717, 1.165) is 22.1 Å². The number of ether oxygens (including phenoxy) is 1. The molecule has 21 heavy (non-hydrogen) atoms. The summed E-state index contributed by atoms with van der Waals surface area (Å²) in [6.45, 7) is 6.77. The molecule has 0 saturated heterocycles. The lowest BCUT2D eigenvalue weighted by Gasteiger charge is -2.09. The highest BCUT2D eigenvalue weighted by molar-refractivity contribution is 7.15. The monoisotopic (exact) mass is 307 g/mol. The van der Waals surface area contributed by atoms with Crippen molar-refractivity contribution in [3.8, 4) is 5.75 Å². The molecule has 6 nitrogen and oxygen atoms in total. The van der Waals surface area contributed by atoms with Gasteiger partial charge < -0.3 is 10.1 Å². The van der Waals surface area contributed by atoms with Crippen LogP contribution in [-0.4, -0.2) is 16.5 Å². The van der Waals surface area contributed by atoms with Crippen molar-refractivity contribution in [3.05, 3.63) is 44.4 Å².